The van der Waals surface area contributed by atoms with Crippen LogP contribution in [0.1, 0.15) is 26.2 Å². The number of rotatable bonds is 8. The smallest absolute Gasteiger partial charge is 0.282 e. The number of nitrogens with zero attached hydrogens (tertiary/aromatic N) is 2. The number of aliphatic hydroxyl groups is 1. The zero-order chi connectivity index (χ0) is 22.8. The number of carbonyl (C=O) groups excluding carboxylic acids is 2. The maximum absolute atomic E-state index is 12.5. The number of methoxy groups -OCH3 is 1. The summed E-state index contributed by atoms with van der Waals surface area (Å²) in [6, 6.07) is 0. The molecule has 11 nitrogen and oxygen atoms in total. The standard InChI is InChI=1S/C18H23Br2N5O6/c1-3-30-18(15(28)23-16(21)24-18)5-4-6-22-14(27)10-8-17(31-25-10)7-9(19)12(29-2)11(20)13(17)26/h7,13,26H,3-6,8H2,1-2H3,(H,22,27)(H3,21,23,24,28). The molecule has 5 N–H and O–H groups in total. The predicted octanol–water partition coefficient (Wildman–Crippen LogP) is 0.481. The quantitative estimate of drug-likeness (QED) is 0.312. The van der Waals surface area contributed by atoms with Gasteiger partial charge in [-0.1, -0.05) is 5.16 Å². The number of hydrogen-bond donors (Lipinski definition) is 4. The van der Waals surface area contributed by atoms with Crippen LogP contribution in [0.15, 0.2) is 30.9 Å². The van der Waals surface area contributed by atoms with Crippen molar-refractivity contribution in [1.82, 2.24) is 10.6 Å². The molecule has 0 aromatic carbocycles. The lowest BCUT2D eigenvalue weighted by atomic mass is 9.87. The molecule has 0 aromatic rings. The van der Waals surface area contributed by atoms with E-state index in [0.29, 0.717) is 21.1 Å². The molecule has 0 bridgehead atoms. The Morgan fingerprint density at radius 2 is 2.26 bits per heavy atom. The molecule has 3 unspecified atom stereocenters. The van der Waals surface area contributed by atoms with Crippen LogP contribution in [0.25, 0.3) is 0 Å². The fourth-order valence-corrected chi connectivity index (χ4v) is 5.31. The number of amides is 2. The van der Waals surface area contributed by atoms with E-state index in [1.54, 1.807) is 13.0 Å². The molecular weight excluding hydrogens is 542 g/mol. The van der Waals surface area contributed by atoms with Gasteiger partial charge in [-0.2, -0.15) is 0 Å². The molecule has 2 aliphatic heterocycles. The molecule has 0 radical (unpaired) electrons. The van der Waals surface area contributed by atoms with Crippen molar-refractivity contribution in [1.29, 1.82) is 0 Å². The predicted molar refractivity (Wildman–Crippen MR) is 118 cm³/mol. The zero-order valence-electron chi connectivity index (χ0n) is 16.9. The summed E-state index contributed by atoms with van der Waals surface area (Å²) in [5, 5.41) is 19.7. The summed E-state index contributed by atoms with van der Waals surface area (Å²) in [5.74, 6) is -0.420. The summed E-state index contributed by atoms with van der Waals surface area (Å²) < 4.78 is 11.7. The number of carbonyl (C=O) groups is 2. The Hall–Kier alpha value is -1.96. The first-order valence-corrected chi connectivity index (χ1v) is 11.1. The Labute approximate surface area is 195 Å². The molecule has 2 heterocycles. The first kappa shape index (κ1) is 23.7. The molecule has 3 atom stereocenters. The van der Waals surface area contributed by atoms with Crippen LogP contribution in [0.2, 0.25) is 0 Å². The molecule has 2 amide bonds. The number of aliphatic hydroxyl groups excluding tert-OH is 1. The van der Waals surface area contributed by atoms with Crippen molar-refractivity contribution in [2.75, 3.05) is 20.3 Å². The average Bonchev–Trinajstić information content (AvgIpc) is 3.26. The van der Waals surface area contributed by atoms with E-state index in [1.165, 1.54) is 7.11 Å². The lowest BCUT2D eigenvalue weighted by Crippen LogP contribution is -2.45. The van der Waals surface area contributed by atoms with Gasteiger partial charge in [0.2, 0.25) is 5.72 Å². The second-order valence-electron chi connectivity index (χ2n) is 7.07. The molecule has 3 aliphatic rings. The molecule has 0 saturated heterocycles. The average molecular weight is 565 g/mol. The molecule has 3 rings (SSSR count). The van der Waals surface area contributed by atoms with Crippen LogP contribution in [-0.2, 0) is 23.9 Å². The van der Waals surface area contributed by atoms with Crippen molar-refractivity contribution in [2.45, 2.75) is 43.6 Å². The number of nitrogens with two attached hydrogens (primary N) is 1. The first-order chi connectivity index (χ1) is 14.7. The first-order valence-electron chi connectivity index (χ1n) is 9.52. The van der Waals surface area contributed by atoms with E-state index in [4.69, 9.17) is 20.0 Å². The Bertz CT molecular complexity index is 904. The third-order valence-electron chi connectivity index (χ3n) is 5.00. The van der Waals surface area contributed by atoms with Crippen molar-refractivity contribution in [3.8, 4) is 0 Å². The van der Waals surface area contributed by atoms with Crippen molar-refractivity contribution in [2.24, 2.45) is 15.9 Å². The Balaban J connectivity index is 1.55. The fourth-order valence-electron chi connectivity index (χ4n) is 3.52. The Kier molecular flexibility index (Phi) is 7.08. The van der Waals surface area contributed by atoms with Crippen LogP contribution in [0.4, 0.5) is 0 Å². The largest absolute Gasteiger partial charge is 0.495 e. The van der Waals surface area contributed by atoms with Crippen LogP contribution in [0.3, 0.4) is 0 Å². The third-order valence-corrected chi connectivity index (χ3v) is 6.38. The molecular formula is C18H23Br2N5O6. The second-order valence-corrected chi connectivity index (χ2v) is 8.77. The zero-order valence-corrected chi connectivity index (χ0v) is 20.1. The van der Waals surface area contributed by atoms with Gasteiger partial charge in [-0.25, -0.2) is 4.99 Å². The Morgan fingerprint density at radius 1 is 1.52 bits per heavy atom. The van der Waals surface area contributed by atoms with Gasteiger partial charge >= 0.3 is 0 Å². The highest BCUT2D eigenvalue weighted by Gasteiger charge is 2.50. The highest BCUT2D eigenvalue weighted by atomic mass is 79.9. The van der Waals surface area contributed by atoms with Gasteiger partial charge in [0.15, 0.2) is 11.6 Å². The van der Waals surface area contributed by atoms with E-state index in [1.807, 2.05) is 0 Å². The number of aliphatic imine (C=N–C) groups is 1. The van der Waals surface area contributed by atoms with E-state index >= 15 is 0 Å². The van der Waals surface area contributed by atoms with Gasteiger partial charge in [-0.15, -0.1) is 0 Å². The van der Waals surface area contributed by atoms with E-state index in [0.717, 1.165) is 0 Å². The van der Waals surface area contributed by atoms with E-state index < -0.39 is 29.2 Å². The topological polar surface area (TPSA) is 157 Å². The van der Waals surface area contributed by atoms with E-state index in [-0.39, 0.29) is 37.7 Å². The lowest BCUT2D eigenvalue weighted by Gasteiger charge is -2.33. The monoisotopic (exact) mass is 563 g/mol. The molecule has 170 valence electrons. The molecule has 0 fully saturated rings. The molecule has 13 heteroatoms. The number of oxime groups is 1. The van der Waals surface area contributed by atoms with Crippen LogP contribution in [0.5, 0.6) is 0 Å². The molecule has 1 spiro atoms. The van der Waals surface area contributed by atoms with Gasteiger partial charge in [-0.3, -0.25) is 14.9 Å². The molecule has 1 aliphatic carbocycles. The molecule has 0 aromatic heterocycles. The van der Waals surface area contributed by atoms with Crippen molar-refractivity contribution in [3.05, 3.63) is 20.8 Å². The number of allylic oxidation sites excluding steroid dienone is 1. The van der Waals surface area contributed by atoms with Gasteiger partial charge in [0.05, 0.1) is 16.1 Å². The minimum absolute atomic E-state index is 0.00680. The second kappa shape index (κ2) is 9.27. The van der Waals surface area contributed by atoms with Crippen LogP contribution in [-0.4, -0.2) is 66.3 Å². The summed E-state index contributed by atoms with van der Waals surface area (Å²) in [7, 11) is 1.48. The highest BCUT2D eigenvalue weighted by Crippen LogP contribution is 2.43. The van der Waals surface area contributed by atoms with Crippen LogP contribution >= 0.6 is 31.9 Å². The number of nitrogens with one attached hydrogen (secondary N) is 2. The minimum atomic E-state index is -1.37. The number of halogens is 2. The molecule has 31 heavy (non-hydrogen) atoms. The molecule has 0 saturated carbocycles. The highest BCUT2D eigenvalue weighted by molar-refractivity contribution is 9.12. The van der Waals surface area contributed by atoms with Gasteiger partial charge in [0, 0.05) is 26.0 Å². The number of ether oxygens (including phenoxy) is 2. The van der Waals surface area contributed by atoms with E-state index in [9.17, 15) is 14.7 Å². The number of guanidine groups is 1. The van der Waals surface area contributed by atoms with Crippen LogP contribution in [0, 0.1) is 0 Å². The number of hydrogen-bond acceptors (Lipinski definition) is 9. The van der Waals surface area contributed by atoms with Crippen molar-refractivity contribution < 1.29 is 29.0 Å². The summed E-state index contributed by atoms with van der Waals surface area (Å²) in [6.45, 7) is 2.29. The van der Waals surface area contributed by atoms with E-state index in [2.05, 4.69) is 52.6 Å². The normalized spacial score (nSPS) is 29.9. The van der Waals surface area contributed by atoms with Crippen LogP contribution < -0.4 is 16.4 Å². The van der Waals surface area contributed by atoms with Gasteiger partial charge in [-0.05, 0) is 51.3 Å². The lowest BCUT2D eigenvalue weighted by molar-refractivity contribution is -0.143. The fraction of sp³-hybridized carbons (Fsp3) is 0.556. The van der Waals surface area contributed by atoms with Crippen molar-refractivity contribution in [3.63, 3.8) is 0 Å². The SMILES string of the molecule is CCOC1(CCCNC(=O)C2=NOC3(C=C(Br)C(OC)=C(Br)C3O)C2)N=C(N)NC1=O. The maximum Gasteiger partial charge on any atom is 0.282 e. The van der Waals surface area contributed by atoms with Crippen molar-refractivity contribution >= 4 is 55.3 Å². The summed E-state index contributed by atoms with van der Waals surface area (Å²) in [5.41, 5.74) is 3.12. The van der Waals surface area contributed by atoms with Gasteiger partial charge in [0.1, 0.15) is 17.6 Å². The Morgan fingerprint density at radius 3 is 2.87 bits per heavy atom. The summed E-state index contributed by atoms with van der Waals surface area (Å²) in [6.07, 6.45) is 1.24. The minimum Gasteiger partial charge on any atom is -0.495 e. The maximum atomic E-state index is 12.5. The summed E-state index contributed by atoms with van der Waals surface area (Å²) in [4.78, 5) is 34.2. The van der Waals surface area contributed by atoms with Gasteiger partial charge in [0.25, 0.3) is 11.8 Å². The third kappa shape index (κ3) is 4.49. The van der Waals surface area contributed by atoms with Gasteiger partial charge < -0.3 is 30.5 Å². The summed E-state index contributed by atoms with van der Waals surface area (Å²) >= 11 is 6.69.